The molecule has 1 aliphatic heterocycles. The second kappa shape index (κ2) is 8.57. The Kier molecular flexibility index (Phi) is 5.68. The van der Waals surface area contributed by atoms with E-state index in [1.54, 1.807) is 53.4 Å². The number of phenols is 1. The summed E-state index contributed by atoms with van der Waals surface area (Å²) < 4.78 is 6.97. The summed E-state index contributed by atoms with van der Waals surface area (Å²) in [5, 5.41) is 13.1. The molecular weight excluding hydrogens is 416 g/mol. The molecule has 8 heteroatoms. The van der Waals surface area contributed by atoms with Crippen LogP contribution in [0.25, 0.3) is 16.8 Å². The lowest BCUT2D eigenvalue weighted by molar-refractivity contribution is -0.552. The van der Waals surface area contributed by atoms with Gasteiger partial charge in [0.1, 0.15) is 28.6 Å². The number of aromatic nitrogens is 2. The summed E-state index contributed by atoms with van der Waals surface area (Å²) in [4.78, 5) is 21.7. The second-order valence-electron chi connectivity index (χ2n) is 6.93. The molecule has 1 aromatic carbocycles. The number of aliphatic imine (C=N–C) groups is 1. The lowest BCUT2D eigenvalue weighted by atomic mass is 10.1. The molecule has 0 amide bonds. The maximum absolute atomic E-state index is 13.2. The zero-order valence-corrected chi connectivity index (χ0v) is 17.5. The number of rotatable bonds is 6. The predicted molar refractivity (Wildman–Crippen MR) is 119 cm³/mol. The number of halogens is 1. The maximum Gasteiger partial charge on any atom is 0.359 e. The Morgan fingerprint density at radius 3 is 2.81 bits per heavy atom. The van der Waals surface area contributed by atoms with Crippen LogP contribution in [0.3, 0.4) is 0 Å². The van der Waals surface area contributed by atoms with Gasteiger partial charge in [0.25, 0.3) is 0 Å². The SMILES string of the molecule is C=N/C(Cl)=C\C(=C/C)c1nc(-c2ccc(O)cc2)c[n+]2c1NC(Cc1ccco1)C2=O. The topological polar surface area (TPSA) is 91.6 Å². The van der Waals surface area contributed by atoms with Crippen LogP contribution in [0.1, 0.15) is 23.2 Å². The lowest BCUT2D eigenvalue weighted by Gasteiger charge is -2.08. The average Bonchev–Trinajstić information content (AvgIpc) is 3.40. The van der Waals surface area contributed by atoms with Crippen molar-refractivity contribution in [2.75, 3.05) is 5.32 Å². The third kappa shape index (κ3) is 4.13. The van der Waals surface area contributed by atoms with Gasteiger partial charge >= 0.3 is 11.7 Å². The van der Waals surface area contributed by atoms with Gasteiger partial charge in [-0.2, -0.15) is 4.57 Å². The van der Waals surface area contributed by atoms with E-state index in [0.717, 1.165) is 5.56 Å². The summed E-state index contributed by atoms with van der Waals surface area (Å²) in [5.74, 6) is 1.29. The highest BCUT2D eigenvalue weighted by molar-refractivity contribution is 6.30. The van der Waals surface area contributed by atoms with Crippen molar-refractivity contribution in [1.29, 1.82) is 0 Å². The zero-order valence-electron chi connectivity index (χ0n) is 16.7. The highest BCUT2D eigenvalue weighted by Gasteiger charge is 2.42. The molecule has 4 rings (SSSR count). The molecule has 0 radical (unpaired) electrons. The fourth-order valence-electron chi connectivity index (χ4n) is 3.41. The van der Waals surface area contributed by atoms with Crippen LogP contribution in [0.4, 0.5) is 5.82 Å². The van der Waals surface area contributed by atoms with Gasteiger partial charge in [-0.05, 0) is 56.1 Å². The van der Waals surface area contributed by atoms with Crippen LogP contribution in [-0.4, -0.2) is 28.8 Å². The molecule has 0 bridgehead atoms. The van der Waals surface area contributed by atoms with Gasteiger partial charge < -0.3 is 9.52 Å². The van der Waals surface area contributed by atoms with E-state index in [2.05, 4.69) is 17.0 Å². The second-order valence-corrected chi connectivity index (χ2v) is 7.32. The Morgan fingerprint density at radius 2 is 2.16 bits per heavy atom. The van der Waals surface area contributed by atoms with Gasteiger partial charge in [-0.1, -0.05) is 17.7 Å². The van der Waals surface area contributed by atoms with E-state index in [1.807, 2.05) is 19.1 Å². The zero-order chi connectivity index (χ0) is 22.0. The third-order valence-corrected chi connectivity index (χ3v) is 5.18. The Morgan fingerprint density at radius 1 is 1.39 bits per heavy atom. The van der Waals surface area contributed by atoms with E-state index >= 15 is 0 Å². The first kappa shape index (κ1) is 20.6. The number of fused-ring (bicyclic) bond motifs is 1. The average molecular weight is 436 g/mol. The summed E-state index contributed by atoms with van der Waals surface area (Å²) in [5.41, 5.74) is 2.55. The van der Waals surface area contributed by atoms with Crippen LogP contribution in [0.15, 0.2) is 75.6 Å². The number of phenolic OH excluding ortho intramolecular Hbond substituents is 1. The quantitative estimate of drug-likeness (QED) is 0.262. The van der Waals surface area contributed by atoms with E-state index < -0.39 is 6.04 Å². The van der Waals surface area contributed by atoms with Crippen LogP contribution < -0.4 is 9.88 Å². The van der Waals surface area contributed by atoms with Gasteiger partial charge in [0, 0.05) is 11.1 Å². The van der Waals surface area contributed by atoms with Crippen LogP contribution in [0, 0.1) is 0 Å². The van der Waals surface area contributed by atoms with Crippen LogP contribution in [0.2, 0.25) is 0 Å². The molecular formula is C23H20ClN4O3+. The molecule has 1 unspecified atom stereocenters. The fourth-order valence-corrected chi connectivity index (χ4v) is 3.53. The number of aromatic hydroxyl groups is 1. The number of benzene rings is 1. The monoisotopic (exact) mass is 435 g/mol. The van der Waals surface area contributed by atoms with Crippen molar-refractivity contribution in [3.63, 3.8) is 0 Å². The van der Waals surface area contributed by atoms with Gasteiger partial charge in [0.05, 0.1) is 12.7 Å². The molecule has 0 saturated carbocycles. The van der Waals surface area contributed by atoms with E-state index in [9.17, 15) is 9.90 Å². The Bertz CT molecular complexity index is 1200. The minimum absolute atomic E-state index is 0.123. The van der Waals surface area contributed by atoms with E-state index in [1.165, 1.54) is 0 Å². The lowest BCUT2D eigenvalue weighted by Crippen LogP contribution is -2.44. The highest BCUT2D eigenvalue weighted by atomic mass is 35.5. The summed E-state index contributed by atoms with van der Waals surface area (Å²) in [7, 11) is 0. The van der Waals surface area contributed by atoms with Crippen LogP contribution in [0.5, 0.6) is 5.75 Å². The van der Waals surface area contributed by atoms with Gasteiger partial charge in [-0.3, -0.25) is 10.3 Å². The van der Waals surface area contributed by atoms with Crippen molar-refractivity contribution in [3.8, 4) is 17.0 Å². The number of allylic oxidation sites excluding steroid dienone is 3. The number of nitrogens with one attached hydrogen (secondary N) is 1. The molecule has 31 heavy (non-hydrogen) atoms. The molecule has 1 atom stereocenters. The highest BCUT2D eigenvalue weighted by Crippen LogP contribution is 2.29. The van der Waals surface area contributed by atoms with Crippen LogP contribution >= 0.6 is 11.6 Å². The number of carbonyl (C=O) groups excluding carboxylic acids is 1. The first-order valence-electron chi connectivity index (χ1n) is 9.60. The molecule has 1 aliphatic rings. The molecule has 7 nitrogen and oxygen atoms in total. The van der Waals surface area contributed by atoms with Gasteiger partial charge in [0.2, 0.25) is 6.04 Å². The number of anilines is 1. The van der Waals surface area contributed by atoms with Crippen molar-refractivity contribution >= 4 is 35.6 Å². The fraction of sp³-hybridized carbons (Fsp3) is 0.130. The van der Waals surface area contributed by atoms with E-state index in [0.29, 0.717) is 35.0 Å². The Balaban J connectivity index is 1.84. The predicted octanol–water partition coefficient (Wildman–Crippen LogP) is 4.20. The van der Waals surface area contributed by atoms with Gasteiger partial charge in [0.15, 0.2) is 5.69 Å². The van der Waals surface area contributed by atoms with Gasteiger partial charge in [-0.25, -0.2) is 9.78 Å². The van der Waals surface area contributed by atoms with Gasteiger partial charge in [-0.15, -0.1) is 0 Å². The first-order chi connectivity index (χ1) is 15.0. The number of carbonyl (C=O) groups is 1. The minimum atomic E-state index is -0.503. The molecule has 0 saturated heterocycles. The Labute approximate surface area is 184 Å². The minimum Gasteiger partial charge on any atom is -0.508 e. The van der Waals surface area contributed by atoms with E-state index in [-0.39, 0.29) is 16.8 Å². The Hall–Kier alpha value is -3.71. The van der Waals surface area contributed by atoms with Crippen molar-refractivity contribution in [2.45, 2.75) is 19.4 Å². The molecule has 2 N–H and O–H groups in total. The molecule has 0 fully saturated rings. The third-order valence-electron chi connectivity index (χ3n) is 4.95. The molecule has 3 aromatic rings. The number of furan rings is 1. The summed E-state index contributed by atoms with van der Waals surface area (Å²) in [6.45, 7) is 5.30. The van der Waals surface area contributed by atoms with Crippen molar-refractivity contribution in [3.05, 3.63) is 77.6 Å². The van der Waals surface area contributed by atoms with Crippen molar-refractivity contribution in [1.82, 2.24) is 4.98 Å². The van der Waals surface area contributed by atoms with Crippen molar-refractivity contribution in [2.24, 2.45) is 4.99 Å². The molecule has 0 spiro atoms. The molecule has 0 aliphatic carbocycles. The first-order valence-corrected chi connectivity index (χ1v) is 9.97. The van der Waals surface area contributed by atoms with Crippen molar-refractivity contribution < 1.29 is 18.9 Å². The number of hydrogen-bond donors (Lipinski definition) is 2. The number of hydrogen-bond acceptors (Lipinski definition) is 6. The maximum atomic E-state index is 13.2. The molecule has 3 heterocycles. The number of nitrogens with zero attached hydrogens (tertiary/aromatic N) is 3. The molecule has 156 valence electrons. The largest absolute Gasteiger partial charge is 0.508 e. The summed E-state index contributed by atoms with van der Waals surface area (Å²) in [6, 6.07) is 9.75. The van der Waals surface area contributed by atoms with Crippen LogP contribution in [-0.2, 0) is 6.42 Å². The normalized spacial score (nSPS) is 16.2. The van der Waals surface area contributed by atoms with E-state index in [4.69, 9.17) is 21.0 Å². The summed E-state index contributed by atoms with van der Waals surface area (Å²) >= 11 is 6.09. The smallest absolute Gasteiger partial charge is 0.359 e. The molecule has 2 aromatic heterocycles. The summed E-state index contributed by atoms with van der Waals surface area (Å²) in [6.07, 6.45) is 7.15. The standard InChI is InChI=1S/C23H19ClN4O3/c1-3-14(11-20(24)25-2)21-22-27-18(12-17-5-4-10-31-17)23(30)28(22)13-19(26-21)15-6-8-16(29)9-7-15/h3-11,13,18,29H,2,12H2,1H3/p+1/b14-3+,20-11-.